The first-order valence-corrected chi connectivity index (χ1v) is 11.7. The van der Waals surface area contributed by atoms with Gasteiger partial charge in [0, 0.05) is 61.3 Å². The van der Waals surface area contributed by atoms with E-state index < -0.39 is 12.1 Å². The van der Waals surface area contributed by atoms with Crippen LogP contribution in [-0.4, -0.2) is 83.0 Å². The fraction of sp³-hybridized carbons (Fsp3) is 0.520. The van der Waals surface area contributed by atoms with Gasteiger partial charge in [-0.15, -0.1) is 0 Å². The van der Waals surface area contributed by atoms with Crippen molar-refractivity contribution in [2.24, 2.45) is 5.41 Å². The number of rotatable bonds is 3. The average Bonchev–Trinajstić information content (AvgIpc) is 3.28. The van der Waals surface area contributed by atoms with Crippen molar-refractivity contribution in [3.8, 4) is 5.69 Å². The summed E-state index contributed by atoms with van der Waals surface area (Å²) < 4.78 is 39.8. The molecule has 3 heterocycles. The molecule has 7 nitrogen and oxygen atoms in total. The van der Waals surface area contributed by atoms with E-state index in [0.29, 0.717) is 6.04 Å². The highest BCUT2D eigenvalue weighted by Crippen LogP contribution is 2.34. The molecule has 1 spiro atoms. The second-order valence-electron chi connectivity index (χ2n) is 9.39. The highest BCUT2D eigenvalue weighted by Gasteiger charge is 2.41. The van der Waals surface area contributed by atoms with Gasteiger partial charge in [0.1, 0.15) is 0 Å². The number of carbonyl (C=O) groups excluding carboxylic acids is 1. The highest BCUT2D eigenvalue weighted by molar-refractivity contribution is 5.94. The van der Waals surface area contributed by atoms with Crippen LogP contribution in [-0.2, 0) is 9.53 Å². The highest BCUT2D eigenvalue weighted by atomic mass is 19.4. The third-order valence-corrected chi connectivity index (χ3v) is 6.41. The molecule has 2 aliphatic rings. The van der Waals surface area contributed by atoms with Crippen LogP contribution in [0.15, 0.2) is 48.8 Å². The summed E-state index contributed by atoms with van der Waals surface area (Å²) in [5, 5.41) is 7.12. The van der Waals surface area contributed by atoms with E-state index in [2.05, 4.69) is 18.7 Å². The third kappa shape index (κ3) is 7.08. The molecule has 0 saturated carbocycles. The molecular weight excluding hydrogens is 463 g/mol. The number of hydrogen-bond donors (Lipinski definition) is 1. The molecule has 0 radical (unpaired) electrons. The van der Waals surface area contributed by atoms with Crippen molar-refractivity contribution in [2.45, 2.75) is 38.9 Å². The van der Waals surface area contributed by atoms with E-state index in [4.69, 9.17) is 14.6 Å². The van der Waals surface area contributed by atoms with E-state index in [-0.39, 0.29) is 11.3 Å². The van der Waals surface area contributed by atoms with Crippen molar-refractivity contribution < 1.29 is 32.6 Å². The first kappa shape index (κ1) is 26.7. The van der Waals surface area contributed by atoms with Gasteiger partial charge in [-0.3, -0.25) is 9.69 Å². The first-order chi connectivity index (χ1) is 16.5. The van der Waals surface area contributed by atoms with Gasteiger partial charge >= 0.3 is 12.1 Å². The van der Waals surface area contributed by atoms with E-state index in [1.807, 2.05) is 58.3 Å². The van der Waals surface area contributed by atoms with E-state index in [0.717, 1.165) is 63.5 Å². The molecule has 2 aliphatic heterocycles. The molecule has 10 heteroatoms. The van der Waals surface area contributed by atoms with Crippen LogP contribution in [0.2, 0.25) is 0 Å². The number of nitrogens with zero attached hydrogens (tertiary/aromatic N) is 3. The minimum Gasteiger partial charge on any atom is -0.475 e. The largest absolute Gasteiger partial charge is 0.490 e. The zero-order valence-electron chi connectivity index (χ0n) is 20.0. The predicted molar refractivity (Wildman–Crippen MR) is 125 cm³/mol. The second kappa shape index (κ2) is 11.3. The van der Waals surface area contributed by atoms with Crippen LogP contribution in [0.3, 0.4) is 0 Å². The number of halogens is 3. The number of aliphatic carboxylic acids is 1. The molecule has 1 atom stereocenters. The summed E-state index contributed by atoms with van der Waals surface area (Å²) in [5.74, 6) is -2.62. The van der Waals surface area contributed by atoms with Gasteiger partial charge in [0.25, 0.3) is 5.91 Å². The number of carbonyl (C=O) groups is 2. The van der Waals surface area contributed by atoms with Gasteiger partial charge in [0.05, 0.1) is 13.2 Å². The SMILES string of the molecule is CC(C)N1CCOCC2(CCCN(C(=O)c3ccc(-n4cccc4)cc3)C2)C1.O=C(O)C(F)(F)F. The molecule has 2 aromatic rings. The zero-order chi connectivity index (χ0) is 25.6. The van der Waals surface area contributed by atoms with Gasteiger partial charge in [0.15, 0.2) is 0 Å². The maximum atomic E-state index is 13.2. The number of aromatic nitrogens is 1. The third-order valence-electron chi connectivity index (χ3n) is 6.41. The van der Waals surface area contributed by atoms with E-state index in [9.17, 15) is 18.0 Å². The van der Waals surface area contributed by atoms with Gasteiger partial charge < -0.3 is 19.3 Å². The lowest BCUT2D eigenvalue weighted by Gasteiger charge is -2.44. The number of ether oxygens (including phenoxy) is 1. The predicted octanol–water partition coefficient (Wildman–Crippen LogP) is 4.07. The van der Waals surface area contributed by atoms with Crippen LogP contribution < -0.4 is 0 Å². The van der Waals surface area contributed by atoms with Crippen LogP contribution in [0.5, 0.6) is 0 Å². The second-order valence-corrected chi connectivity index (χ2v) is 9.39. The number of piperidine rings is 1. The Morgan fingerprint density at radius 1 is 1.06 bits per heavy atom. The van der Waals surface area contributed by atoms with Crippen molar-refractivity contribution in [1.82, 2.24) is 14.4 Å². The molecule has 0 bridgehead atoms. The Bertz CT molecular complexity index is 977. The summed E-state index contributed by atoms with van der Waals surface area (Å²) in [4.78, 5) is 26.6. The molecule has 1 aromatic heterocycles. The van der Waals surface area contributed by atoms with Crippen molar-refractivity contribution in [1.29, 1.82) is 0 Å². The molecule has 4 rings (SSSR count). The molecule has 0 aliphatic carbocycles. The Morgan fingerprint density at radius 3 is 2.26 bits per heavy atom. The quantitative estimate of drug-likeness (QED) is 0.695. The summed E-state index contributed by atoms with van der Waals surface area (Å²) in [7, 11) is 0. The monoisotopic (exact) mass is 495 g/mol. The van der Waals surface area contributed by atoms with Crippen molar-refractivity contribution in [3.05, 3.63) is 54.4 Å². The van der Waals surface area contributed by atoms with Crippen molar-refractivity contribution in [2.75, 3.05) is 39.4 Å². The fourth-order valence-corrected chi connectivity index (χ4v) is 4.56. The first-order valence-electron chi connectivity index (χ1n) is 11.7. The molecule has 1 unspecified atom stereocenters. The average molecular weight is 496 g/mol. The molecule has 1 N–H and O–H groups in total. The van der Waals surface area contributed by atoms with Gasteiger partial charge in [0.2, 0.25) is 0 Å². The van der Waals surface area contributed by atoms with E-state index in [1.54, 1.807) is 0 Å². The lowest BCUT2D eigenvalue weighted by Crippen LogP contribution is -2.53. The number of benzene rings is 1. The van der Waals surface area contributed by atoms with Crippen LogP contribution in [0, 0.1) is 5.41 Å². The van der Waals surface area contributed by atoms with Gasteiger partial charge in [-0.25, -0.2) is 4.79 Å². The molecule has 192 valence electrons. The molecule has 2 saturated heterocycles. The van der Waals surface area contributed by atoms with E-state index >= 15 is 0 Å². The van der Waals surface area contributed by atoms with Gasteiger partial charge in [-0.2, -0.15) is 13.2 Å². The summed E-state index contributed by atoms with van der Waals surface area (Å²) in [6.07, 6.45) is 1.12. The topological polar surface area (TPSA) is 75.0 Å². The number of amides is 1. The molecule has 1 amide bonds. The molecule has 2 fully saturated rings. The van der Waals surface area contributed by atoms with Gasteiger partial charge in [-0.05, 0) is 63.1 Å². The Balaban J connectivity index is 0.000000429. The van der Waals surface area contributed by atoms with Crippen molar-refractivity contribution in [3.63, 3.8) is 0 Å². The smallest absolute Gasteiger partial charge is 0.475 e. The van der Waals surface area contributed by atoms with E-state index in [1.165, 1.54) is 0 Å². The lowest BCUT2D eigenvalue weighted by atomic mass is 9.79. The van der Waals surface area contributed by atoms with Gasteiger partial charge in [-0.1, -0.05) is 0 Å². The minimum absolute atomic E-state index is 0.0553. The van der Waals surface area contributed by atoms with Crippen LogP contribution >= 0.6 is 0 Å². The number of alkyl halides is 3. The normalized spacial score (nSPS) is 21.4. The summed E-state index contributed by atoms with van der Waals surface area (Å²) in [5.41, 5.74) is 1.89. The minimum atomic E-state index is -5.08. The van der Waals surface area contributed by atoms with Crippen molar-refractivity contribution >= 4 is 11.9 Å². The lowest BCUT2D eigenvalue weighted by molar-refractivity contribution is -0.192. The molecular formula is C25H32F3N3O4. The standard InChI is InChI=1S/C23H31N3O2.C2HF3O2/c1-19(2)25-14-15-28-18-23(16-25)10-5-13-26(17-23)22(27)20-6-8-21(9-7-20)24-11-3-4-12-24;3-2(4,5)1(6)7/h3-4,6-9,11-12,19H,5,10,13-18H2,1-2H3;(H,6,7). The summed E-state index contributed by atoms with van der Waals surface area (Å²) >= 11 is 0. The van der Waals surface area contributed by atoms with Crippen LogP contribution in [0.4, 0.5) is 13.2 Å². The Kier molecular flexibility index (Phi) is 8.60. The molecule has 35 heavy (non-hydrogen) atoms. The summed E-state index contributed by atoms with van der Waals surface area (Å²) in [6, 6.07) is 12.4. The Morgan fingerprint density at radius 2 is 1.69 bits per heavy atom. The summed E-state index contributed by atoms with van der Waals surface area (Å²) in [6.45, 7) is 9.65. The number of carboxylic acids is 1. The maximum Gasteiger partial charge on any atom is 0.490 e. The van der Waals surface area contributed by atoms with Crippen LogP contribution in [0.1, 0.15) is 37.0 Å². The number of hydrogen-bond acceptors (Lipinski definition) is 4. The number of carboxylic acid groups (broad SMARTS) is 1. The Labute approximate surface area is 203 Å². The Hall–Kier alpha value is -2.85. The molecule has 1 aromatic carbocycles. The van der Waals surface area contributed by atoms with Crippen LogP contribution in [0.25, 0.3) is 5.69 Å². The zero-order valence-corrected chi connectivity index (χ0v) is 20.0. The number of likely N-dealkylation sites (tertiary alicyclic amines) is 1. The fourth-order valence-electron chi connectivity index (χ4n) is 4.56. The maximum absolute atomic E-state index is 13.2.